The van der Waals surface area contributed by atoms with E-state index < -0.39 is 5.82 Å². The van der Waals surface area contributed by atoms with Crippen LogP contribution in [0.15, 0.2) is 36.4 Å². The Bertz CT molecular complexity index is 965. The number of amides is 1. The first-order chi connectivity index (χ1) is 13.9. The van der Waals surface area contributed by atoms with Crippen LogP contribution in [0.5, 0.6) is 0 Å². The first-order valence-electron chi connectivity index (χ1n) is 9.76. The van der Waals surface area contributed by atoms with E-state index in [1.165, 1.54) is 6.07 Å². The maximum absolute atomic E-state index is 13.8. The normalized spacial score (nSPS) is 19.3. The molecule has 1 aliphatic carbocycles. The zero-order valence-corrected chi connectivity index (χ0v) is 17.0. The second-order valence-electron chi connectivity index (χ2n) is 7.80. The SMILES string of the molecule is C[C@@H]1CN(CC(=O)Nc2ccc3c(c2)CC(=O)C3)CCN1c1ccc(Cl)c(F)c1. The molecular formula is C22H23ClFN3O2. The summed E-state index contributed by atoms with van der Waals surface area (Å²) in [5.41, 5.74) is 3.59. The summed E-state index contributed by atoms with van der Waals surface area (Å²) in [4.78, 5) is 28.3. The van der Waals surface area contributed by atoms with E-state index in [1.807, 2.05) is 24.3 Å². The minimum Gasteiger partial charge on any atom is -0.366 e. The van der Waals surface area contributed by atoms with E-state index in [0.717, 1.165) is 22.5 Å². The molecule has 5 nitrogen and oxygen atoms in total. The number of benzene rings is 2. The molecular weight excluding hydrogens is 393 g/mol. The molecule has 1 fully saturated rings. The molecule has 0 radical (unpaired) electrons. The molecule has 7 heteroatoms. The summed E-state index contributed by atoms with van der Waals surface area (Å²) in [6.45, 7) is 4.48. The average Bonchev–Trinajstić information content (AvgIpc) is 3.03. The lowest BCUT2D eigenvalue weighted by atomic mass is 10.1. The molecule has 1 aliphatic heterocycles. The van der Waals surface area contributed by atoms with Crippen molar-refractivity contribution in [2.24, 2.45) is 0 Å². The van der Waals surface area contributed by atoms with E-state index in [2.05, 4.69) is 22.0 Å². The number of hydrogen-bond donors (Lipinski definition) is 1. The number of Topliss-reactive ketones (excluding diaryl/α,β-unsaturated/α-hetero) is 1. The van der Waals surface area contributed by atoms with Gasteiger partial charge in [-0.05, 0) is 48.4 Å². The van der Waals surface area contributed by atoms with Crippen molar-refractivity contribution < 1.29 is 14.0 Å². The van der Waals surface area contributed by atoms with Gasteiger partial charge in [0.25, 0.3) is 0 Å². The van der Waals surface area contributed by atoms with Crippen LogP contribution in [-0.4, -0.2) is 48.8 Å². The zero-order chi connectivity index (χ0) is 20.5. The molecule has 0 bridgehead atoms. The minimum absolute atomic E-state index is 0.0764. The summed E-state index contributed by atoms with van der Waals surface area (Å²) in [6.07, 6.45) is 0.938. The number of halogens is 2. The van der Waals surface area contributed by atoms with Crippen LogP contribution in [0.4, 0.5) is 15.8 Å². The Balaban J connectivity index is 1.33. The monoisotopic (exact) mass is 415 g/mol. The predicted octanol–water partition coefficient (Wildman–Crippen LogP) is 3.30. The van der Waals surface area contributed by atoms with Crippen molar-refractivity contribution in [1.82, 2.24) is 4.90 Å². The van der Waals surface area contributed by atoms with Gasteiger partial charge in [-0.1, -0.05) is 17.7 Å². The molecule has 2 aromatic carbocycles. The Hall–Kier alpha value is -2.44. The Kier molecular flexibility index (Phi) is 5.56. The van der Waals surface area contributed by atoms with Crippen LogP contribution in [0.25, 0.3) is 0 Å². The first-order valence-corrected chi connectivity index (χ1v) is 10.1. The van der Waals surface area contributed by atoms with Crippen molar-refractivity contribution in [3.8, 4) is 0 Å². The van der Waals surface area contributed by atoms with Crippen LogP contribution < -0.4 is 10.2 Å². The van der Waals surface area contributed by atoms with E-state index in [9.17, 15) is 14.0 Å². The van der Waals surface area contributed by atoms with Gasteiger partial charge in [0.05, 0.1) is 11.6 Å². The van der Waals surface area contributed by atoms with Crippen molar-refractivity contribution in [3.63, 3.8) is 0 Å². The van der Waals surface area contributed by atoms with Gasteiger partial charge in [-0.2, -0.15) is 0 Å². The van der Waals surface area contributed by atoms with Gasteiger partial charge in [-0.25, -0.2) is 4.39 Å². The third kappa shape index (κ3) is 4.43. The van der Waals surface area contributed by atoms with E-state index in [4.69, 9.17) is 11.6 Å². The van der Waals surface area contributed by atoms with E-state index in [1.54, 1.807) is 6.07 Å². The lowest BCUT2D eigenvalue weighted by molar-refractivity contribution is -0.118. The van der Waals surface area contributed by atoms with Gasteiger partial charge in [0.1, 0.15) is 11.6 Å². The zero-order valence-electron chi connectivity index (χ0n) is 16.3. The fraction of sp³-hybridized carbons (Fsp3) is 0.364. The van der Waals surface area contributed by atoms with Crippen LogP contribution in [-0.2, 0) is 22.4 Å². The number of anilines is 2. The maximum atomic E-state index is 13.8. The first kappa shape index (κ1) is 19.9. The van der Waals surface area contributed by atoms with Gasteiger partial charge in [0.2, 0.25) is 5.91 Å². The quantitative estimate of drug-likeness (QED) is 0.832. The Labute approximate surface area is 174 Å². The smallest absolute Gasteiger partial charge is 0.238 e. The van der Waals surface area contributed by atoms with Crippen molar-refractivity contribution in [2.75, 3.05) is 36.4 Å². The van der Waals surface area contributed by atoms with Crippen molar-refractivity contribution in [2.45, 2.75) is 25.8 Å². The Morgan fingerprint density at radius 3 is 2.72 bits per heavy atom. The lowest BCUT2D eigenvalue weighted by Gasteiger charge is -2.41. The number of nitrogens with zero attached hydrogens (tertiary/aromatic N) is 2. The topological polar surface area (TPSA) is 52.7 Å². The number of ketones is 1. The number of piperazine rings is 1. The largest absolute Gasteiger partial charge is 0.366 e. The van der Waals surface area contributed by atoms with Crippen LogP contribution in [0.1, 0.15) is 18.1 Å². The summed E-state index contributed by atoms with van der Waals surface area (Å²) in [6, 6.07) is 10.7. The van der Waals surface area contributed by atoms with Crippen LogP contribution in [0.3, 0.4) is 0 Å². The number of nitrogens with one attached hydrogen (secondary N) is 1. The predicted molar refractivity (Wildman–Crippen MR) is 112 cm³/mol. The number of hydrogen-bond acceptors (Lipinski definition) is 4. The van der Waals surface area contributed by atoms with Crippen molar-refractivity contribution in [1.29, 1.82) is 0 Å². The minimum atomic E-state index is -0.422. The molecule has 29 heavy (non-hydrogen) atoms. The molecule has 1 saturated heterocycles. The van der Waals surface area contributed by atoms with Gasteiger partial charge >= 0.3 is 0 Å². The number of fused-ring (bicyclic) bond motifs is 1. The van der Waals surface area contributed by atoms with Crippen molar-refractivity contribution in [3.05, 3.63) is 58.4 Å². The highest BCUT2D eigenvalue weighted by atomic mass is 35.5. The molecule has 4 rings (SSSR count). The van der Waals surface area contributed by atoms with Gasteiger partial charge < -0.3 is 10.2 Å². The molecule has 1 N–H and O–H groups in total. The highest BCUT2D eigenvalue weighted by molar-refractivity contribution is 6.30. The molecule has 1 atom stereocenters. The maximum Gasteiger partial charge on any atom is 0.238 e. The molecule has 152 valence electrons. The number of rotatable bonds is 4. The van der Waals surface area contributed by atoms with Gasteiger partial charge in [0, 0.05) is 49.9 Å². The van der Waals surface area contributed by atoms with Gasteiger partial charge in [0.15, 0.2) is 0 Å². The number of carbonyl (C=O) groups is 2. The van der Waals surface area contributed by atoms with Crippen LogP contribution in [0.2, 0.25) is 5.02 Å². The fourth-order valence-electron chi connectivity index (χ4n) is 4.16. The van der Waals surface area contributed by atoms with E-state index in [-0.39, 0.29) is 22.8 Å². The van der Waals surface area contributed by atoms with E-state index >= 15 is 0 Å². The molecule has 2 aliphatic rings. The third-order valence-corrected chi connectivity index (χ3v) is 5.89. The van der Waals surface area contributed by atoms with Crippen molar-refractivity contribution >= 4 is 34.7 Å². The summed E-state index contributed by atoms with van der Waals surface area (Å²) < 4.78 is 13.8. The van der Waals surface area contributed by atoms with Gasteiger partial charge in [-0.15, -0.1) is 0 Å². The Morgan fingerprint density at radius 2 is 1.97 bits per heavy atom. The Morgan fingerprint density at radius 1 is 1.17 bits per heavy atom. The summed E-state index contributed by atoms with van der Waals surface area (Å²) in [7, 11) is 0. The molecule has 2 aromatic rings. The fourth-order valence-corrected chi connectivity index (χ4v) is 4.27. The third-order valence-electron chi connectivity index (χ3n) is 5.58. The van der Waals surface area contributed by atoms with E-state index in [0.29, 0.717) is 39.0 Å². The second kappa shape index (κ2) is 8.13. The molecule has 0 spiro atoms. The summed E-state index contributed by atoms with van der Waals surface area (Å²) in [5.74, 6) is -0.280. The van der Waals surface area contributed by atoms with Gasteiger partial charge in [-0.3, -0.25) is 14.5 Å². The standard InChI is InChI=1S/C22H23ClFN3O2/c1-14-12-26(6-7-27(14)18-4-5-20(23)21(24)11-18)13-22(29)25-17-3-2-15-9-19(28)10-16(15)8-17/h2-5,8,11,14H,6-7,9-10,12-13H2,1H3,(H,25,29)/t14-/m1/s1. The molecule has 1 heterocycles. The van der Waals surface area contributed by atoms with Crippen LogP contribution >= 0.6 is 11.6 Å². The average molecular weight is 416 g/mol. The summed E-state index contributed by atoms with van der Waals surface area (Å²) >= 11 is 5.78. The lowest BCUT2D eigenvalue weighted by Crippen LogP contribution is -2.53. The molecule has 0 unspecified atom stereocenters. The number of carbonyl (C=O) groups excluding carboxylic acids is 2. The molecule has 0 aromatic heterocycles. The highest BCUT2D eigenvalue weighted by Gasteiger charge is 2.26. The molecule has 0 saturated carbocycles. The summed E-state index contributed by atoms with van der Waals surface area (Å²) in [5, 5.41) is 3.05. The highest BCUT2D eigenvalue weighted by Crippen LogP contribution is 2.26. The molecule has 1 amide bonds. The second-order valence-corrected chi connectivity index (χ2v) is 8.21. The van der Waals surface area contributed by atoms with Crippen LogP contribution in [0, 0.1) is 5.82 Å².